The maximum absolute atomic E-state index is 12.7. The minimum Gasteiger partial charge on any atom is -0.352 e. The average molecular weight is 369 g/mol. The van der Waals surface area contributed by atoms with Gasteiger partial charge in [-0.15, -0.1) is 11.3 Å². The Morgan fingerprint density at radius 3 is 2.29 bits per heavy atom. The smallest absolute Gasteiger partial charge is 0.254 e. The summed E-state index contributed by atoms with van der Waals surface area (Å²) in [5.41, 5.74) is 3.82. The molecule has 0 unspecified atom stereocenters. The zero-order valence-corrected chi connectivity index (χ0v) is 16.4. The summed E-state index contributed by atoms with van der Waals surface area (Å²) in [7, 11) is -3.00. The van der Waals surface area contributed by atoms with Crippen molar-refractivity contribution in [1.29, 1.82) is 0 Å². The van der Waals surface area contributed by atoms with Crippen LogP contribution in [0.5, 0.6) is 0 Å². The molecule has 7 heteroatoms. The molecule has 0 aliphatic heterocycles. The SMILES string of the molecule is Cc1sc(-n2c(C)ccc2C)c(C(=O)NCCCS(C)(=O)=O)c1C. The average Bonchev–Trinajstić information content (AvgIpc) is 2.94. The van der Waals surface area contributed by atoms with Crippen molar-refractivity contribution in [3.63, 3.8) is 0 Å². The first-order chi connectivity index (χ1) is 11.1. The fraction of sp³-hybridized carbons (Fsp3) is 0.471. The van der Waals surface area contributed by atoms with Gasteiger partial charge in [-0.2, -0.15) is 0 Å². The van der Waals surface area contributed by atoms with E-state index in [-0.39, 0.29) is 11.7 Å². The highest BCUT2D eigenvalue weighted by atomic mass is 32.2. The van der Waals surface area contributed by atoms with Gasteiger partial charge in [0.25, 0.3) is 5.91 Å². The van der Waals surface area contributed by atoms with Crippen LogP contribution < -0.4 is 5.32 Å². The molecule has 0 saturated carbocycles. The van der Waals surface area contributed by atoms with E-state index in [1.54, 1.807) is 11.3 Å². The van der Waals surface area contributed by atoms with Gasteiger partial charge >= 0.3 is 0 Å². The Labute approximate surface area is 147 Å². The number of carbonyl (C=O) groups excluding carboxylic acids is 1. The lowest BCUT2D eigenvalue weighted by Crippen LogP contribution is -2.27. The van der Waals surface area contributed by atoms with Gasteiger partial charge in [-0.05, 0) is 51.8 Å². The van der Waals surface area contributed by atoms with Crippen LogP contribution in [0, 0.1) is 27.7 Å². The second-order valence-electron chi connectivity index (χ2n) is 6.15. The molecule has 5 nitrogen and oxygen atoms in total. The van der Waals surface area contributed by atoms with Crippen molar-refractivity contribution in [2.45, 2.75) is 34.1 Å². The van der Waals surface area contributed by atoms with Gasteiger partial charge in [0.15, 0.2) is 0 Å². The number of nitrogens with zero attached hydrogens (tertiary/aromatic N) is 1. The molecule has 2 aromatic rings. The number of amides is 1. The normalized spacial score (nSPS) is 11.7. The van der Waals surface area contributed by atoms with Crippen molar-refractivity contribution in [3.8, 4) is 5.00 Å². The van der Waals surface area contributed by atoms with Crippen molar-refractivity contribution >= 4 is 27.1 Å². The van der Waals surface area contributed by atoms with Gasteiger partial charge in [0.1, 0.15) is 14.8 Å². The van der Waals surface area contributed by atoms with Gasteiger partial charge in [-0.3, -0.25) is 4.79 Å². The summed E-state index contributed by atoms with van der Waals surface area (Å²) in [4.78, 5) is 13.8. The second kappa shape index (κ2) is 7.11. The number of sulfone groups is 1. The predicted octanol–water partition coefficient (Wildman–Crippen LogP) is 2.94. The van der Waals surface area contributed by atoms with E-state index in [0.29, 0.717) is 18.5 Å². The number of nitrogens with one attached hydrogen (secondary N) is 1. The molecule has 0 aliphatic rings. The lowest BCUT2D eigenvalue weighted by atomic mass is 10.1. The van der Waals surface area contributed by atoms with Gasteiger partial charge < -0.3 is 9.88 Å². The van der Waals surface area contributed by atoms with Crippen molar-refractivity contribution < 1.29 is 13.2 Å². The van der Waals surface area contributed by atoms with Crippen LogP contribution in [0.1, 0.15) is 38.6 Å². The van der Waals surface area contributed by atoms with E-state index in [0.717, 1.165) is 26.8 Å². The van der Waals surface area contributed by atoms with Gasteiger partial charge in [-0.1, -0.05) is 0 Å². The number of rotatable bonds is 6. The van der Waals surface area contributed by atoms with E-state index >= 15 is 0 Å². The fourth-order valence-corrected chi connectivity index (χ4v) is 4.59. The summed E-state index contributed by atoms with van der Waals surface area (Å²) in [6.07, 6.45) is 1.63. The molecule has 24 heavy (non-hydrogen) atoms. The Morgan fingerprint density at radius 2 is 1.75 bits per heavy atom. The van der Waals surface area contributed by atoms with Gasteiger partial charge in [0.2, 0.25) is 0 Å². The number of carbonyl (C=O) groups is 1. The van der Waals surface area contributed by atoms with Crippen LogP contribution in [-0.4, -0.2) is 37.4 Å². The fourth-order valence-electron chi connectivity index (χ4n) is 2.65. The third-order valence-corrected chi connectivity index (χ3v) is 6.27. The van der Waals surface area contributed by atoms with Crippen molar-refractivity contribution in [1.82, 2.24) is 9.88 Å². The summed E-state index contributed by atoms with van der Waals surface area (Å²) in [5, 5.41) is 3.78. The lowest BCUT2D eigenvalue weighted by molar-refractivity contribution is 0.0953. The molecule has 0 atom stereocenters. The highest BCUT2D eigenvalue weighted by molar-refractivity contribution is 7.90. The summed E-state index contributed by atoms with van der Waals surface area (Å²) in [5.74, 6) is -0.0646. The highest BCUT2D eigenvalue weighted by Gasteiger charge is 2.22. The van der Waals surface area contributed by atoms with E-state index < -0.39 is 9.84 Å². The molecule has 0 radical (unpaired) electrons. The molecule has 1 amide bonds. The lowest BCUT2D eigenvalue weighted by Gasteiger charge is -2.11. The van der Waals surface area contributed by atoms with Gasteiger partial charge in [-0.25, -0.2) is 8.42 Å². The van der Waals surface area contributed by atoms with E-state index in [9.17, 15) is 13.2 Å². The number of aryl methyl sites for hydroxylation is 3. The Balaban J connectivity index is 2.25. The minimum atomic E-state index is -3.00. The molecule has 2 rings (SSSR count). The number of hydrogen-bond acceptors (Lipinski definition) is 4. The van der Waals surface area contributed by atoms with Crippen LogP contribution in [0.4, 0.5) is 0 Å². The molecule has 0 saturated heterocycles. The van der Waals surface area contributed by atoms with Crippen LogP contribution >= 0.6 is 11.3 Å². The Bertz CT molecular complexity index is 841. The first kappa shape index (κ1) is 18.7. The third-order valence-electron chi connectivity index (χ3n) is 4.05. The predicted molar refractivity (Wildman–Crippen MR) is 99.3 cm³/mol. The zero-order valence-electron chi connectivity index (χ0n) is 14.8. The van der Waals surface area contributed by atoms with E-state index in [1.165, 1.54) is 6.26 Å². The quantitative estimate of drug-likeness (QED) is 0.797. The summed E-state index contributed by atoms with van der Waals surface area (Å²) >= 11 is 1.61. The Hall–Kier alpha value is -1.60. The monoisotopic (exact) mass is 368 g/mol. The zero-order chi connectivity index (χ0) is 18.1. The van der Waals surface area contributed by atoms with Crippen molar-refractivity contribution in [2.75, 3.05) is 18.6 Å². The molecule has 0 bridgehead atoms. The van der Waals surface area contributed by atoms with Crippen LogP contribution in [0.15, 0.2) is 12.1 Å². The molecule has 0 aliphatic carbocycles. The summed E-state index contributed by atoms with van der Waals surface area (Å²) in [6.45, 7) is 8.35. The molecule has 0 fully saturated rings. The van der Waals surface area contributed by atoms with E-state index in [2.05, 4.69) is 9.88 Å². The molecule has 2 aromatic heterocycles. The maximum atomic E-state index is 12.7. The molecule has 0 spiro atoms. The van der Waals surface area contributed by atoms with Gasteiger partial charge in [0.05, 0.1) is 11.3 Å². The molecular formula is C17H24N2O3S2. The summed E-state index contributed by atoms with van der Waals surface area (Å²) < 4.78 is 24.4. The molecule has 2 heterocycles. The molecule has 1 N–H and O–H groups in total. The number of thiophene rings is 1. The largest absolute Gasteiger partial charge is 0.352 e. The number of hydrogen-bond donors (Lipinski definition) is 1. The molecule has 0 aromatic carbocycles. The first-order valence-corrected chi connectivity index (χ1v) is 10.7. The molecule has 132 valence electrons. The molecular weight excluding hydrogens is 344 g/mol. The van der Waals surface area contributed by atoms with Crippen molar-refractivity contribution in [2.24, 2.45) is 0 Å². The maximum Gasteiger partial charge on any atom is 0.254 e. The topological polar surface area (TPSA) is 68.2 Å². The second-order valence-corrected chi connectivity index (χ2v) is 9.62. The van der Waals surface area contributed by atoms with E-state index in [4.69, 9.17) is 0 Å². The van der Waals surface area contributed by atoms with Crippen LogP contribution in [0.25, 0.3) is 5.00 Å². The van der Waals surface area contributed by atoms with Crippen LogP contribution in [0.2, 0.25) is 0 Å². The van der Waals surface area contributed by atoms with Gasteiger partial charge in [0, 0.05) is 29.1 Å². The van der Waals surface area contributed by atoms with Crippen LogP contribution in [0.3, 0.4) is 0 Å². The Kier molecular flexibility index (Phi) is 5.55. The van der Waals surface area contributed by atoms with Crippen molar-refractivity contribution in [3.05, 3.63) is 39.5 Å². The first-order valence-electron chi connectivity index (χ1n) is 7.83. The summed E-state index contributed by atoms with van der Waals surface area (Å²) in [6, 6.07) is 4.07. The standard InChI is InChI=1S/C17H24N2O3S2/c1-11-7-8-12(2)19(11)17-15(13(3)14(4)23-17)16(20)18-9-6-10-24(5,21)22/h7-8H,6,9-10H2,1-5H3,(H,18,20). The Morgan fingerprint density at radius 1 is 1.17 bits per heavy atom. The van der Waals surface area contributed by atoms with Crippen LogP contribution in [-0.2, 0) is 9.84 Å². The third kappa shape index (κ3) is 4.08. The highest BCUT2D eigenvalue weighted by Crippen LogP contribution is 2.33. The van der Waals surface area contributed by atoms with E-state index in [1.807, 2.05) is 39.8 Å². The minimum absolute atomic E-state index is 0.0810. The number of aromatic nitrogens is 1.